The molecule has 0 amide bonds. The van der Waals surface area contributed by atoms with E-state index in [4.69, 9.17) is 9.47 Å². The molecule has 0 saturated heterocycles. The third-order valence-corrected chi connectivity index (χ3v) is 5.81. The SMILES string of the molecule is CCCOc1ccc(-c2cc(F)c(F)c(F)c2)cc1-c1cc(-c2cc(F)c(F)c(F)c2)ccc1OCCC. The van der Waals surface area contributed by atoms with Gasteiger partial charge in [0.15, 0.2) is 34.9 Å². The Kier molecular flexibility index (Phi) is 8.29. The molecule has 0 N–H and O–H groups in total. The van der Waals surface area contributed by atoms with Crippen LogP contribution in [0.2, 0.25) is 0 Å². The summed E-state index contributed by atoms with van der Waals surface area (Å²) >= 11 is 0. The lowest BCUT2D eigenvalue weighted by molar-refractivity contribution is 0.314. The fourth-order valence-electron chi connectivity index (χ4n) is 3.96. The van der Waals surface area contributed by atoms with Crippen molar-refractivity contribution in [1.29, 1.82) is 0 Å². The van der Waals surface area contributed by atoms with Gasteiger partial charge >= 0.3 is 0 Å². The van der Waals surface area contributed by atoms with Gasteiger partial charge in [-0.3, -0.25) is 0 Å². The molecule has 198 valence electrons. The van der Waals surface area contributed by atoms with Gasteiger partial charge in [0.1, 0.15) is 11.5 Å². The molecule has 4 aromatic rings. The van der Waals surface area contributed by atoms with E-state index in [-0.39, 0.29) is 11.1 Å². The van der Waals surface area contributed by atoms with E-state index >= 15 is 0 Å². The monoisotopic (exact) mass is 530 g/mol. The first-order valence-corrected chi connectivity index (χ1v) is 12.1. The Balaban J connectivity index is 1.93. The lowest BCUT2D eigenvalue weighted by Crippen LogP contribution is -2.01. The molecule has 0 unspecified atom stereocenters. The molecule has 4 rings (SSSR count). The second-order valence-corrected chi connectivity index (χ2v) is 8.63. The number of benzene rings is 4. The summed E-state index contributed by atoms with van der Waals surface area (Å²) in [5.41, 5.74) is 1.87. The average molecular weight is 531 g/mol. The number of halogens is 6. The van der Waals surface area contributed by atoms with E-state index in [2.05, 4.69) is 0 Å². The Morgan fingerprint density at radius 1 is 0.474 bits per heavy atom. The molecule has 0 spiro atoms. The first kappa shape index (κ1) is 27.1. The van der Waals surface area contributed by atoms with Crippen molar-refractivity contribution in [1.82, 2.24) is 0 Å². The molecule has 0 aromatic heterocycles. The van der Waals surface area contributed by atoms with E-state index in [1.54, 1.807) is 36.4 Å². The summed E-state index contributed by atoms with van der Waals surface area (Å²) in [6.45, 7) is 4.58. The Hall–Kier alpha value is -3.94. The Labute approximate surface area is 216 Å². The lowest BCUT2D eigenvalue weighted by Gasteiger charge is -2.18. The standard InChI is InChI=1S/C30H24F6O2/c1-3-9-37-27-7-5-17(19-13-23(31)29(35)24(32)14-19)11-21(27)22-12-18(6-8-28(22)38-10-4-2)20-15-25(33)30(36)26(34)16-20/h5-8,11-16H,3-4,9-10H2,1-2H3. The van der Waals surface area contributed by atoms with Gasteiger partial charge in [-0.1, -0.05) is 26.0 Å². The van der Waals surface area contributed by atoms with E-state index in [1.807, 2.05) is 13.8 Å². The van der Waals surface area contributed by atoms with Gasteiger partial charge in [-0.25, -0.2) is 26.3 Å². The summed E-state index contributed by atoms with van der Waals surface area (Å²) in [5, 5.41) is 0. The van der Waals surface area contributed by atoms with Crippen molar-refractivity contribution in [3.05, 3.63) is 95.6 Å². The number of hydrogen-bond donors (Lipinski definition) is 0. The zero-order valence-corrected chi connectivity index (χ0v) is 20.7. The number of rotatable bonds is 9. The third-order valence-electron chi connectivity index (χ3n) is 5.81. The summed E-state index contributed by atoms with van der Waals surface area (Å²) in [5.74, 6) is -7.62. The van der Waals surface area contributed by atoms with Crippen LogP contribution in [0.1, 0.15) is 26.7 Å². The van der Waals surface area contributed by atoms with Crippen LogP contribution < -0.4 is 9.47 Å². The van der Waals surface area contributed by atoms with Crippen molar-refractivity contribution in [2.45, 2.75) is 26.7 Å². The van der Waals surface area contributed by atoms with Crippen molar-refractivity contribution in [3.8, 4) is 44.9 Å². The third kappa shape index (κ3) is 5.64. The summed E-state index contributed by atoms with van der Waals surface area (Å²) in [6.07, 6.45) is 1.39. The van der Waals surface area contributed by atoms with Gasteiger partial charge in [0.2, 0.25) is 0 Å². The minimum Gasteiger partial charge on any atom is -0.493 e. The largest absolute Gasteiger partial charge is 0.493 e. The minimum absolute atomic E-state index is 0.0968. The molecule has 0 bridgehead atoms. The first-order valence-electron chi connectivity index (χ1n) is 12.1. The quantitative estimate of drug-likeness (QED) is 0.159. The molecule has 0 fully saturated rings. The van der Waals surface area contributed by atoms with Crippen molar-refractivity contribution >= 4 is 0 Å². The van der Waals surface area contributed by atoms with Crippen molar-refractivity contribution in [2.75, 3.05) is 13.2 Å². The van der Waals surface area contributed by atoms with Crippen LogP contribution in [0.5, 0.6) is 11.5 Å². The highest BCUT2D eigenvalue weighted by atomic mass is 19.2. The molecular weight excluding hydrogens is 506 g/mol. The molecule has 0 atom stereocenters. The maximum Gasteiger partial charge on any atom is 0.194 e. The van der Waals surface area contributed by atoms with E-state index < -0.39 is 34.9 Å². The van der Waals surface area contributed by atoms with Gasteiger partial charge < -0.3 is 9.47 Å². The molecule has 2 nitrogen and oxygen atoms in total. The zero-order valence-electron chi connectivity index (χ0n) is 20.7. The van der Waals surface area contributed by atoms with Gasteiger partial charge in [0, 0.05) is 11.1 Å². The van der Waals surface area contributed by atoms with Crippen LogP contribution in [0.3, 0.4) is 0 Å². The molecule has 0 heterocycles. The van der Waals surface area contributed by atoms with Crippen LogP contribution in [-0.4, -0.2) is 13.2 Å². The molecule has 0 aliphatic rings. The van der Waals surface area contributed by atoms with Crippen LogP contribution in [-0.2, 0) is 0 Å². The zero-order chi connectivity index (χ0) is 27.4. The highest BCUT2D eigenvalue weighted by molar-refractivity contribution is 5.84. The first-order chi connectivity index (χ1) is 18.2. The predicted octanol–water partition coefficient (Wildman–Crippen LogP) is 9.10. The normalized spacial score (nSPS) is 11.1. The molecule has 38 heavy (non-hydrogen) atoms. The molecular formula is C30H24F6O2. The second-order valence-electron chi connectivity index (χ2n) is 8.63. The Morgan fingerprint density at radius 2 is 0.816 bits per heavy atom. The topological polar surface area (TPSA) is 18.5 Å². The maximum absolute atomic E-state index is 14.0. The molecule has 0 saturated carbocycles. The molecule has 8 heteroatoms. The lowest BCUT2D eigenvalue weighted by atomic mass is 9.94. The minimum atomic E-state index is -1.57. The van der Waals surface area contributed by atoms with Crippen LogP contribution in [0.15, 0.2) is 60.7 Å². The van der Waals surface area contributed by atoms with Crippen molar-refractivity contribution in [3.63, 3.8) is 0 Å². The Morgan fingerprint density at radius 3 is 1.13 bits per heavy atom. The molecule has 0 aliphatic heterocycles. The number of hydrogen-bond acceptors (Lipinski definition) is 2. The van der Waals surface area contributed by atoms with Crippen molar-refractivity contribution in [2.24, 2.45) is 0 Å². The molecule has 0 aliphatic carbocycles. The average Bonchev–Trinajstić information content (AvgIpc) is 2.91. The summed E-state index contributed by atoms with van der Waals surface area (Å²) in [4.78, 5) is 0. The molecule has 4 aromatic carbocycles. The summed E-state index contributed by atoms with van der Waals surface area (Å²) in [6, 6.07) is 13.2. The van der Waals surface area contributed by atoms with E-state index in [0.29, 0.717) is 59.8 Å². The van der Waals surface area contributed by atoms with E-state index in [0.717, 1.165) is 24.3 Å². The Bertz CT molecular complexity index is 1310. The van der Waals surface area contributed by atoms with Crippen molar-refractivity contribution < 1.29 is 35.8 Å². The highest BCUT2D eigenvalue weighted by Crippen LogP contribution is 2.42. The van der Waals surface area contributed by atoms with Gasteiger partial charge in [-0.15, -0.1) is 0 Å². The highest BCUT2D eigenvalue weighted by Gasteiger charge is 2.19. The fourth-order valence-corrected chi connectivity index (χ4v) is 3.96. The van der Waals surface area contributed by atoms with E-state index in [9.17, 15) is 26.3 Å². The van der Waals surface area contributed by atoms with Gasteiger partial charge in [0.25, 0.3) is 0 Å². The van der Waals surface area contributed by atoms with E-state index in [1.165, 1.54) is 0 Å². The summed E-state index contributed by atoms with van der Waals surface area (Å²) < 4.78 is 94.9. The maximum atomic E-state index is 14.0. The van der Waals surface area contributed by atoms with Crippen LogP contribution in [0.4, 0.5) is 26.3 Å². The number of ether oxygens (including phenoxy) is 2. The molecule has 0 radical (unpaired) electrons. The van der Waals surface area contributed by atoms with Crippen LogP contribution in [0.25, 0.3) is 33.4 Å². The van der Waals surface area contributed by atoms with Gasteiger partial charge in [-0.2, -0.15) is 0 Å². The smallest absolute Gasteiger partial charge is 0.194 e. The fraction of sp³-hybridized carbons (Fsp3) is 0.200. The van der Waals surface area contributed by atoms with Gasteiger partial charge in [0.05, 0.1) is 13.2 Å². The van der Waals surface area contributed by atoms with Crippen LogP contribution >= 0.6 is 0 Å². The second kappa shape index (κ2) is 11.6. The summed E-state index contributed by atoms with van der Waals surface area (Å²) in [7, 11) is 0. The van der Waals surface area contributed by atoms with Gasteiger partial charge in [-0.05, 0) is 83.6 Å². The predicted molar refractivity (Wildman–Crippen MR) is 134 cm³/mol. The van der Waals surface area contributed by atoms with Crippen LogP contribution in [0, 0.1) is 34.9 Å².